The highest BCUT2D eigenvalue weighted by Crippen LogP contribution is 2.05. The highest BCUT2D eigenvalue weighted by atomic mass is 16.7. The minimum absolute atomic E-state index is 0.170. The van der Waals surface area contributed by atoms with E-state index >= 15 is 0 Å². The van der Waals surface area contributed by atoms with Gasteiger partial charge >= 0.3 is 0 Å². The molecule has 0 radical (unpaired) electrons. The summed E-state index contributed by atoms with van der Waals surface area (Å²) >= 11 is 0. The van der Waals surface area contributed by atoms with Crippen LogP contribution in [0.25, 0.3) is 0 Å². The van der Waals surface area contributed by atoms with Crippen molar-refractivity contribution in [2.75, 3.05) is 14.2 Å². The molecule has 17 heavy (non-hydrogen) atoms. The van der Waals surface area contributed by atoms with Gasteiger partial charge in [-0.25, -0.2) is 0 Å². The average Bonchev–Trinajstić information content (AvgIpc) is 2.31. The van der Waals surface area contributed by atoms with Gasteiger partial charge in [0.1, 0.15) is 0 Å². The van der Waals surface area contributed by atoms with Crippen LogP contribution in [0.4, 0.5) is 0 Å². The number of benzene rings is 1. The topological polar surface area (TPSA) is 30.5 Å². The van der Waals surface area contributed by atoms with E-state index in [2.05, 4.69) is 43.4 Å². The van der Waals surface area contributed by atoms with Gasteiger partial charge in [-0.05, 0) is 25.8 Å². The number of ether oxygens (including phenoxy) is 2. The van der Waals surface area contributed by atoms with E-state index in [0.29, 0.717) is 6.04 Å². The van der Waals surface area contributed by atoms with Crippen molar-refractivity contribution in [2.45, 2.75) is 38.6 Å². The molecule has 1 aromatic rings. The molecule has 1 N–H and O–H groups in total. The van der Waals surface area contributed by atoms with Gasteiger partial charge in [0.25, 0.3) is 0 Å². The van der Waals surface area contributed by atoms with Crippen LogP contribution in [0.2, 0.25) is 0 Å². The van der Waals surface area contributed by atoms with Gasteiger partial charge in [-0.1, -0.05) is 30.3 Å². The number of methoxy groups -OCH3 is 2. The summed E-state index contributed by atoms with van der Waals surface area (Å²) in [4.78, 5) is 0. The van der Waals surface area contributed by atoms with E-state index in [1.807, 2.05) is 6.07 Å². The lowest BCUT2D eigenvalue weighted by atomic mass is 10.1. The Hall–Kier alpha value is -0.900. The lowest BCUT2D eigenvalue weighted by Gasteiger charge is -2.25. The molecule has 2 unspecified atom stereocenters. The highest BCUT2D eigenvalue weighted by molar-refractivity contribution is 5.15. The Labute approximate surface area is 104 Å². The van der Waals surface area contributed by atoms with Crippen LogP contribution < -0.4 is 5.32 Å². The third-order valence-electron chi connectivity index (χ3n) is 2.80. The molecule has 0 heterocycles. The Bertz CT molecular complexity index is 298. The quantitative estimate of drug-likeness (QED) is 0.738. The van der Waals surface area contributed by atoms with E-state index < -0.39 is 0 Å². The first-order valence-corrected chi connectivity index (χ1v) is 6.03. The van der Waals surface area contributed by atoms with Crippen molar-refractivity contribution in [1.82, 2.24) is 5.32 Å². The van der Waals surface area contributed by atoms with E-state index in [9.17, 15) is 0 Å². The molecule has 1 aromatic carbocycles. The molecular formula is C14H23NO2. The standard InChI is InChI=1S/C14H23NO2/c1-11(10-13-8-6-5-7-9-13)15-12(2)14(16-3)17-4/h5-9,11-12,14-15H,10H2,1-4H3. The van der Waals surface area contributed by atoms with E-state index in [4.69, 9.17) is 9.47 Å². The zero-order valence-electron chi connectivity index (χ0n) is 11.1. The fourth-order valence-corrected chi connectivity index (χ4v) is 2.06. The molecular weight excluding hydrogens is 214 g/mol. The number of hydrogen-bond donors (Lipinski definition) is 1. The fraction of sp³-hybridized carbons (Fsp3) is 0.571. The lowest BCUT2D eigenvalue weighted by molar-refractivity contribution is -0.120. The summed E-state index contributed by atoms with van der Waals surface area (Å²) in [5.41, 5.74) is 1.34. The summed E-state index contributed by atoms with van der Waals surface area (Å²) in [5, 5.41) is 3.48. The van der Waals surface area contributed by atoms with E-state index in [-0.39, 0.29) is 12.3 Å². The van der Waals surface area contributed by atoms with Gasteiger partial charge in [-0.3, -0.25) is 0 Å². The number of hydrogen-bond acceptors (Lipinski definition) is 3. The van der Waals surface area contributed by atoms with E-state index in [0.717, 1.165) is 6.42 Å². The van der Waals surface area contributed by atoms with Crippen molar-refractivity contribution in [1.29, 1.82) is 0 Å². The summed E-state index contributed by atoms with van der Waals surface area (Å²) < 4.78 is 10.5. The smallest absolute Gasteiger partial charge is 0.171 e. The van der Waals surface area contributed by atoms with Crippen LogP contribution >= 0.6 is 0 Å². The van der Waals surface area contributed by atoms with Gasteiger partial charge < -0.3 is 14.8 Å². The average molecular weight is 237 g/mol. The van der Waals surface area contributed by atoms with Crippen LogP contribution in [0.1, 0.15) is 19.4 Å². The second kappa shape index (κ2) is 7.43. The maximum atomic E-state index is 5.23. The van der Waals surface area contributed by atoms with E-state index in [1.54, 1.807) is 14.2 Å². The Balaban J connectivity index is 2.41. The second-order valence-electron chi connectivity index (χ2n) is 4.39. The minimum Gasteiger partial charge on any atom is -0.354 e. The van der Waals surface area contributed by atoms with Crippen molar-refractivity contribution >= 4 is 0 Å². The first kappa shape index (κ1) is 14.2. The zero-order chi connectivity index (χ0) is 12.7. The van der Waals surface area contributed by atoms with Crippen LogP contribution in [0.5, 0.6) is 0 Å². The van der Waals surface area contributed by atoms with Crippen molar-refractivity contribution in [3.8, 4) is 0 Å². The predicted octanol–water partition coefficient (Wildman–Crippen LogP) is 2.21. The third kappa shape index (κ3) is 4.86. The normalized spacial score (nSPS) is 14.9. The predicted molar refractivity (Wildman–Crippen MR) is 70.0 cm³/mol. The maximum Gasteiger partial charge on any atom is 0.171 e. The second-order valence-corrected chi connectivity index (χ2v) is 4.39. The monoisotopic (exact) mass is 237 g/mol. The third-order valence-corrected chi connectivity index (χ3v) is 2.80. The Morgan fingerprint density at radius 1 is 1.06 bits per heavy atom. The van der Waals surface area contributed by atoms with Gasteiger partial charge in [0.05, 0.1) is 6.04 Å². The van der Waals surface area contributed by atoms with Crippen LogP contribution in [0.3, 0.4) is 0 Å². The first-order valence-electron chi connectivity index (χ1n) is 6.03. The number of nitrogens with one attached hydrogen (secondary N) is 1. The Kier molecular flexibility index (Phi) is 6.19. The molecule has 0 fully saturated rings. The summed E-state index contributed by atoms with van der Waals surface area (Å²) in [7, 11) is 3.32. The zero-order valence-corrected chi connectivity index (χ0v) is 11.1. The van der Waals surface area contributed by atoms with Crippen LogP contribution in [0, 0.1) is 0 Å². The first-order chi connectivity index (χ1) is 8.17. The van der Waals surface area contributed by atoms with Crippen LogP contribution in [0.15, 0.2) is 30.3 Å². The summed E-state index contributed by atoms with van der Waals surface area (Å²) in [5.74, 6) is 0. The fourth-order valence-electron chi connectivity index (χ4n) is 2.06. The van der Waals surface area contributed by atoms with Crippen molar-refractivity contribution in [3.63, 3.8) is 0 Å². The molecule has 2 atom stereocenters. The van der Waals surface area contributed by atoms with Crippen LogP contribution in [-0.2, 0) is 15.9 Å². The molecule has 0 amide bonds. The summed E-state index contributed by atoms with van der Waals surface area (Å²) in [6.07, 6.45) is 0.805. The SMILES string of the molecule is COC(OC)C(C)NC(C)Cc1ccccc1. The van der Waals surface area contributed by atoms with Gasteiger partial charge in [-0.2, -0.15) is 0 Å². The van der Waals surface area contributed by atoms with Crippen LogP contribution in [-0.4, -0.2) is 32.6 Å². The maximum absolute atomic E-state index is 5.23. The van der Waals surface area contributed by atoms with Crippen molar-refractivity contribution in [3.05, 3.63) is 35.9 Å². The van der Waals surface area contributed by atoms with Gasteiger partial charge in [0.15, 0.2) is 6.29 Å². The van der Waals surface area contributed by atoms with Gasteiger partial charge in [-0.15, -0.1) is 0 Å². The molecule has 0 saturated heterocycles. The molecule has 0 aliphatic carbocycles. The molecule has 0 bridgehead atoms. The molecule has 0 aromatic heterocycles. The Morgan fingerprint density at radius 2 is 1.65 bits per heavy atom. The summed E-state index contributed by atoms with van der Waals surface area (Å²) in [6.45, 7) is 4.24. The van der Waals surface area contributed by atoms with Gasteiger partial charge in [0.2, 0.25) is 0 Å². The molecule has 0 spiro atoms. The van der Waals surface area contributed by atoms with Crippen molar-refractivity contribution < 1.29 is 9.47 Å². The van der Waals surface area contributed by atoms with Gasteiger partial charge in [0, 0.05) is 20.3 Å². The molecule has 0 saturated carbocycles. The minimum atomic E-state index is -0.201. The molecule has 0 aliphatic heterocycles. The van der Waals surface area contributed by atoms with Crippen molar-refractivity contribution in [2.24, 2.45) is 0 Å². The largest absolute Gasteiger partial charge is 0.354 e. The highest BCUT2D eigenvalue weighted by Gasteiger charge is 2.17. The Morgan fingerprint density at radius 3 is 2.18 bits per heavy atom. The molecule has 96 valence electrons. The summed E-state index contributed by atoms with van der Waals surface area (Å²) in [6, 6.07) is 11.0. The number of rotatable bonds is 7. The molecule has 3 heteroatoms. The lowest BCUT2D eigenvalue weighted by Crippen LogP contribution is -2.44. The van der Waals surface area contributed by atoms with E-state index in [1.165, 1.54) is 5.56 Å². The molecule has 0 aliphatic rings. The molecule has 1 rings (SSSR count). The molecule has 3 nitrogen and oxygen atoms in total.